The summed E-state index contributed by atoms with van der Waals surface area (Å²) in [4.78, 5) is 8.77. The summed E-state index contributed by atoms with van der Waals surface area (Å²) in [5, 5.41) is 4.47. The number of rotatable bonds is 2. The van der Waals surface area contributed by atoms with Gasteiger partial charge < -0.3 is 0 Å². The van der Waals surface area contributed by atoms with Crippen molar-refractivity contribution >= 4 is 33.2 Å². The van der Waals surface area contributed by atoms with Gasteiger partial charge in [0.25, 0.3) is 0 Å². The summed E-state index contributed by atoms with van der Waals surface area (Å²) in [5.41, 5.74) is 6.53. The molecular formula is C19H12BrFN4. The van der Waals surface area contributed by atoms with Crippen molar-refractivity contribution in [3.63, 3.8) is 0 Å². The molecule has 0 saturated carbocycles. The van der Waals surface area contributed by atoms with Crippen LogP contribution in [0.15, 0.2) is 81.6 Å². The molecule has 1 aliphatic rings. The van der Waals surface area contributed by atoms with Gasteiger partial charge in [-0.2, -0.15) is 5.10 Å². The molecule has 4 nitrogen and oxygen atoms in total. The molecule has 122 valence electrons. The van der Waals surface area contributed by atoms with E-state index < -0.39 is 0 Å². The van der Waals surface area contributed by atoms with E-state index in [2.05, 4.69) is 36.4 Å². The molecule has 1 N–H and O–H groups in total. The van der Waals surface area contributed by atoms with Crippen molar-refractivity contribution < 1.29 is 4.39 Å². The van der Waals surface area contributed by atoms with E-state index in [1.54, 1.807) is 18.5 Å². The van der Waals surface area contributed by atoms with E-state index in [1.165, 1.54) is 12.1 Å². The molecule has 0 fully saturated rings. The Kier molecular flexibility index (Phi) is 4.11. The molecule has 2 heterocycles. The molecule has 1 aromatic heterocycles. The SMILES string of the molecule is Fc1ccc2c(c1)C(c1cccnc1)=NNC(c1ccc(Br)cc1)=N2. The number of hydrazone groups is 1. The van der Waals surface area contributed by atoms with Crippen LogP contribution in [-0.2, 0) is 0 Å². The first-order valence-corrected chi connectivity index (χ1v) is 8.39. The molecule has 0 spiro atoms. The normalized spacial score (nSPS) is 13.2. The molecular weight excluding hydrogens is 383 g/mol. The van der Waals surface area contributed by atoms with E-state index in [9.17, 15) is 4.39 Å². The van der Waals surface area contributed by atoms with Crippen LogP contribution in [0.5, 0.6) is 0 Å². The average Bonchev–Trinajstić information content (AvgIpc) is 2.82. The predicted molar refractivity (Wildman–Crippen MR) is 99.8 cm³/mol. The first-order chi connectivity index (χ1) is 12.2. The molecule has 3 aromatic rings. The zero-order chi connectivity index (χ0) is 17.2. The van der Waals surface area contributed by atoms with Crippen molar-refractivity contribution in [2.45, 2.75) is 0 Å². The number of hydrogen-bond donors (Lipinski definition) is 1. The van der Waals surface area contributed by atoms with Crippen molar-refractivity contribution in [3.8, 4) is 0 Å². The van der Waals surface area contributed by atoms with Crippen LogP contribution in [-0.4, -0.2) is 16.5 Å². The lowest BCUT2D eigenvalue weighted by Crippen LogP contribution is -2.19. The molecule has 4 rings (SSSR count). The smallest absolute Gasteiger partial charge is 0.154 e. The molecule has 0 radical (unpaired) electrons. The largest absolute Gasteiger partial charge is 0.264 e. The highest BCUT2D eigenvalue weighted by molar-refractivity contribution is 9.10. The summed E-state index contributed by atoms with van der Waals surface area (Å²) in [6, 6.07) is 15.9. The third kappa shape index (κ3) is 3.21. The molecule has 0 amide bonds. The van der Waals surface area contributed by atoms with Crippen LogP contribution in [0.1, 0.15) is 16.7 Å². The van der Waals surface area contributed by atoms with Crippen molar-refractivity contribution in [3.05, 3.63) is 94.0 Å². The molecule has 0 unspecified atom stereocenters. The van der Waals surface area contributed by atoms with Crippen LogP contribution in [0, 0.1) is 5.82 Å². The van der Waals surface area contributed by atoms with Gasteiger partial charge in [-0.3, -0.25) is 10.4 Å². The lowest BCUT2D eigenvalue weighted by Gasteiger charge is -2.07. The van der Waals surface area contributed by atoms with Crippen LogP contribution < -0.4 is 5.43 Å². The minimum atomic E-state index is -0.336. The standard InChI is InChI=1S/C19H12BrFN4/c20-14-5-3-12(4-6-14)19-23-17-8-7-15(21)10-16(17)18(24-25-19)13-2-1-9-22-11-13/h1-11H,(H,23,25). The number of benzene rings is 2. The van der Waals surface area contributed by atoms with Gasteiger partial charge in [0.2, 0.25) is 0 Å². The van der Waals surface area contributed by atoms with E-state index in [-0.39, 0.29) is 5.82 Å². The second kappa shape index (κ2) is 6.57. The highest BCUT2D eigenvalue weighted by atomic mass is 79.9. The lowest BCUT2D eigenvalue weighted by molar-refractivity contribution is 0.627. The topological polar surface area (TPSA) is 49.6 Å². The maximum Gasteiger partial charge on any atom is 0.154 e. The minimum Gasteiger partial charge on any atom is -0.264 e. The molecule has 25 heavy (non-hydrogen) atoms. The second-order valence-corrected chi connectivity index (χ2v) is 6.36. The van der Waals surface area contributed by atoms with Crippen molar-refractivity contribution in [1.82, 2.24) is 10.4 Å². The number of aromatic nitrogens is 1. The molecule has 0 atom stereocenters. The zero-order valence-electron chi connectivity index (χ0n) is 12.9. The van der Waals surface area contributed by atoms with Crippen LogP contribution in [0.2, 0.25) is 0 Å². The van der Waals surface area contributed by atoms with E-state index >= 15 is 0 Å². The fraction of sp³-hybridized carbons (Fsp3) is 0. The fourth-order valence-corrected chi connectivity index (χ4v) is 2.83. The van der Waals surface area contributed by atoms with Gasteiger partial charge in [0, 0.05) is 33.6 Å². The van der Waals surface area contributed by atoms with Crippen LogP contribution in [0.3, 0.4) is 0 Å². The molecule has 0 saturated heterocycles. The van der Waals surface area contributed by atoms with Gasteiger partial charge in [0.15, 0.2) is 5.84 Å². The zero-order valence-corrected chi connectivity index (χ0v) is 14.5. The number of amidine groups is 1. The first kappa shape index (κ1) is 15.7. The van der Waals surface area contributed by atoms with Gasteiger partial charge in [-0.1, -0.05) is 28.1 Å². The fourth-order valence-electron chi connectivity index (χ4n) is 2.57. The molecule has 1 aliphatic heterocycles. The minimum absolute atomic E-state index is 0.336. The second-order valence-electron chi connectivity index (χ2n) is 5.44. The Hall–Kier alpha value is -2.86. The summed E-state index contributed by atoms with van der Waals surface area (Å²) in [6.07, 6.45) is 3.38. The number of nitrogens with zero attached hydrogens (tertiary/aromatic N) is 3. The average molecular weight is 395 g/mol. The van der Waals surface area contributed by atoms with Crippen molar-refractivity contribution in [2.75, 3.05) is 0 Å². The summed E-state index contributed by atoms with van der Waals surface area (Å²) in [6.45, 7) is 0. The Bertz CT molecular complexity index is 982. The summed E-state index contributed by atoms with van der Waals surface area (Å²) < 4.78 is 14.8. The Morgan fingerprint density at radius 3 is 2.56 bits per heavy atom. The molecule has 0 bridgehead atoms. The van der Waals surface area contributed by atoms with Crippen molar-refractivity contribution in [1.29, 1.82) is 0 Å². The molecule has 0 aliphatic carbocycles. The monoisotopic (exact) mass is 394 g/mol. The Morgan fingerprint density at radius 2 is 1.80 bits per heavy atom. The Labute approximate surface area is 152 Å². The van der Waals surface area contributed by atoms with E-state index in [0.717, 1.165) is 15.6 Å². The predicted octanol–water partition coefficient (Wildman–Crippen LogP) is 4.42. The van der Waals surface area contributed by atoms with Gasteiger partial charge in [-0.05, 0) is 42.5 Å². The molecule has 2 aromatic carbocycles. The third-order valence-corrected chi connectivity index (χ3v) is 4.30. The maximum atomic E-state index is 13.8. The van der Waals surface area contributed by atoms with Crippen LogP contribution in [0.4, 0.5) is 10.1 Å². The quantitative estimate of drug-likeness (QED) is 0.699. The number of nitrogens with one attached hydrogen (secondary N) is 1. The van der Waals surface area contributed by atoms with E-state index in [0.29, 0.717) is 22.8 Å². The van der Waals surface area contributed by atoms with Crippen LogP contribution >= 0.6 is 15.9 Å². The highest BCUT2D eigenvalue weighted by Gasteiger charge is 2.18. The van der Waals surface area contributed by atoms with E-state index in [1.807, 2.05) is 36.4 Å². The van der Waals surface area contributed by atoms with Gasteiger partial charge in [0.1, 0.15) is 11.5 Å². The Morgan fingerprint density at radius 1 is 0.960 bits per heavy atom. The lowest BCUT2D eigenvalue weighted by atomic mass is 10.0. The highest BCUT2D eigenvalue weighted by Crippen LogP contribution is 2.26. The summed E-state index contributed by atoms with van der Waals surface area (Å²) in [7, 11) is 0. The number of hydrogen-bond acceptors (Lipinski definition) is 4. The summed E-state index contributed by atoms with van der Waals surface area (Å²) >= 11 is 3.42. The third-order valence-electron chi connectivity index (χ3n) is 3.77. The van der Waals surface area contributed by atoms with Gasteiger partial charge in [-0.25, -0.2) is 9.38 Å². The van der Waals surface area contributed by atoms with Gasteiger partial charge >= 0.3 is 0 Å². The van der Waals surface area contributed by atoms with Gasteiger partial charge in [-0.15, -0.1) is 0 Å². The number of halogens is 2. The van der Waals surface area contributed by atoms with Crippen LogP contribution in [0.25, 0.3) is 0 Å². The summed E-state index contributed by atoms with van der Waals surface area (Å²) in [5.74, 6) is 0.261. The molecule has 6 heteroatoms. The first-order valence-electron chi connectivity index (χ1n) is 7.59. The number of fused-ring (bicyclic) bond motifs is 1. The maximum absolute atomic E-state index is 13.8. The van der Waals surface area contributed by atoms with Crippen molar-refractivity contribution in [2.24, 2.45) is 10.1 Å². The number of pyridine rings is 1. The Balaban J connectivity index is 1.87. The number of aliphatic imine (C=N–C) groups is 1. The van der Waals surface area contributed by atoms with Gasteiger partial charge in [0.05, 0.1) is 5.69 Å². The van der Waals surface area contributed by atoms with E-state index in [4.69, 9.17) is 0 Å².